The predicted octanol–water partition coefficient (Wildman–Crippen LogP) is 3.31. The molecule has 0 bridgehead atoms. The number of hydrogen-bond donors (Lipinski definition) is 4. The second-order valence-electron chi connectivity index (χ2n) is 7.65. The van der Waals surface area contributed by atoms with Crippen molar-refractivity contribution in [3.8, 4) is 0 Å². The maximum absolute atomic E-state index is 12.3. The normalized spacial score (nSPS) is 12.0. The van der Waals surface area contributed by atoms with Crippen LogP contribution in [-0.4, -0.2) is 17.8 Å². The number of benzene rings is 2. The highest BCUT2D eigenvalue weighted by atomic mass is 79.9. The maximum Gasteiger partial charge on any atom is 0.312 e. The van der Waals surface area contributed by atoms with Gasteiger partial charge in [0.15, 0.2) is 0 Å². The van der Waals surface area contributed by atoms with Gasteiger partial charge in [-0.15, -0.1) is 0 Å². The van der Waals surface area contributed by atoms with Gasteiger partial charge in [0.1, 0.15) is 0 Å². The van der Waals surface area contributed by atoms with Gasteiger partial charge in [-0.2, -0.15) is 0 Å². The molecule has 0 saturated heterocycles. The van der Waals surface area contributed by atoms with Crippen LogP contribution in [0.4, 0.5) is 4.79 Å². The van der Waals surface area contributed by atoms with Crippen LogP contribution in [0.15, 0.2) is 53.0 Å². The molecule has 1 atom stereocenters. The van der Waals surface area contributed by atoms with Gasteiger partial charge in [-0.25, -0.2) is 4.79 Å². The van der Waals surface area contributed by atoms with Crippen molar-refractivity contribution < 1.29 is 14.4 Å². The molecule has 0 unspecified atom stereocenters. The van der Waals surface area contributed by atoms with Crippen molar-refractivity contribution in [1.82, 2.24) is 16.2 Å². The predicted molar refractivity (Wildman–Crippen MR) is 115 cm³/mol. The summed E-state index contributed by atoms with van der Waals surface area (Å²) in [6.45, 7) is 6.26. The van der Waals surface area contributed by atoms with Crippen molar-refractivity contribution in [2.45, 2.75) is 38.6 Å². The molecular weight excluding hydrogens is 436 g/mol. The first-order chi connectivity index (χ1) is 13.6. The molecule has 7 nitrogen and oxygen atoms in total. The van der Waals surface area contributed by atoms with Crippen LogP contribution in [0.1, 0.15) is 54.7 Å². The van der Waals surface area contributed by atoms with Crippen molar-refractivity contribution in [1.29, 1.82) is 0 Å². The number of carbonyl (C=O) groups is 3. The summed E-state index contributed by atoms with van der Waals surface area (Å²) in [6, 6.07) is 13.0. The van der Waals surface area contributed by atoms with Gasteiger partial charge in [-0.05, 0) is 40.8 Å². The van der Waals surface area contributed by atoms with Gasteiger partial charge in [-0.1, -0.05) is 61.0 Å². The molecule has 0 radical (unpaired) electrons. The Morgan fingerprint density at radius 1 is 1.03 bits per heavy atom. The minimum Gasteiger partial charge on any atom is -0.352 e. The SMILES string of the molecule is CC(C)(C)c1ccc(C(=O)NNC(=O)C[C@H](NC(N)=O)c2cccc(Br)c2)cc1. The van der Waals surface area contributed by atoms with Crippen LogP contribution in [0.2, 0.25) is 0 Å². The van der Waals surface area contributed by atoms with Gasteiger partial charge in [0, 0.05) is 10.0 Å². The molecule has 0 fully saturated rings. The molecule has 0 aliphatic heterocycles. The average Bonchev–Trinajstić information content (AvgIpc) is 2.64. The van der Waals surface area contributed by atoms with Crippen molar-refractivity contribution >= 4 is 33.8 Å². The zero-order valence-electron chi connectivity index (χ0n) is 16.6. The Morgan fingerprint density at radius 2 is 1.69 bits per heavy atom. The molecule has 2 rings (SSSR count). The topological polar surface area (TPSA) is 113 Å². The highest BCUT2D eigenvalue weighted by molar-refractivity contribution is 9.10. The molecule has 5 N–H and O–H groups in total. The number of carbonyl (C=O) groups excluding carboxylic acids is 3. The highest BCUT2D eigenvalue weighted by Gasteiger charge is 2.19. The van der Waals surface area contributed by atoms with Crippen molar-refractivity contribution in [3.05, 3.63) is 69.7 Å². The standard InChI is InChI=1S/C21H25BrN4O3/c1-21(2,3)15-9-7-13(8-10-15)19(28)26-25-18(27)12-17(24-20(23)29)14-5-4-6-16(22)11-14/h4-11,17H,12H2,1-3H3,(H,25,27)(H,26,28)(H3,23,24,29)/t17-/m0/s1. The van der Waals surface area contributed by atoms with Gasteiger partial charge >= 0.3 is 6.03 Å². The first-order valence-electron chi connectivity index (χ1n) is 9.07. The number of nitrogens with one attached hydrogen (secondary N) is 3. The molecule has 2 aromatic rings. The molecule has 154 valence electrons. The van der Waals surface area contributed by atoms with Crippen molar-refractivity contribution in [2.75, 3.05) is 0 Å². The molecule has 0 aromatic heterocycles. The lowest BCUT2D eigenvalue weighted by Crippen LogP contribution is -2.44. The fourth-order valence-electron chi connectivity index (χ4n) is 2.70. The summed E-state index contributed by atoms with van der Waals surface area (Å²) in [5.41, 5.74) is 12.2. The molecule has 0 saturated carbocycles. The summed E-state index contributed by atoms with van der Waals surface area (Å²) in [7, 11) is 0. The monoisotopic (exact) mass is 460 g/mol. The molecule has 4 amide bonds. The minimum absolute atomic E-state index is 0.0158. The van der Waals surface area contributed by atoms with Gasteiger partial charge in [0.2, 0.25) is 5.91 Å². The smallest absolute Gasteiger partial charge is 0.312 e. The summed E-state index contributed by atoms with van der Waals surface area (Å²) in [6.07, 6.45) is -0.0946. The molecule has 2 aromatic carbocycles. The third kappa shape index (κ3) is 6.90. The quantitative estimate of drug-likeness (QED) is 0.513. The number of hydrogen-bond acceptors (Lipinski definition) is 3. The minimum atomic E-state index is -0.745. The van der Waals surface area contributed by atoms with E-state index in [0.29, 0.717) is 11.1 Å². The number of nitrogens with two attached hydrogens (primary N) is 1. The summed E-state index contributed by atoms with van der Waals surface area (Å²) >= 11 is 3.35. The van der Waals surface area contributed by atoms with E-state index in [1.807, 2.05) is 18.2 Å². The number of amides is 4. The second-order valence-corrected chi connectivity index (χ2v) is 8.57. The van der Waals surface area contributed by atoms with E-state index in [4.69, 9.17) is 5.73 Å². The lowest BCUT2D eigenvalue weighted by atomic mass is 9.87. The lowest BCUT2D eigenvalue weighted by molar-refractivity contribution is -0.122. The van der Waals surface area contributed by atoms with E-state index < -0.39 is 23.9 Å². The summed E-state index contributed by atoms with van der Waals surface area (Å²) in [5.74, 6) is -0.899. The van der Waals surface area contributed by atoms with Gasteiger partial charge in [0.05, 0.1) is 12.5 Å². The first kappa shape index (κ1) is 22.4. The molecule has 29 heavy (non-hydrogen) atoms. The van der Waals surface area contributed by atoms with Crippen LogP contribution in [0.25, 0.3) is 0 Å². The molecular formula is C21H25BrN4O3. The zero-order chi connectivity index (χ0) is 21.6. The fourth-order valence-corrected chi connectivity index (χ4v) is 3.12. The molecule has 0 aliphatic carbocycles. The van der Waals surface area contributed by atoms with E-state index in [1.165, 1.54) is 0 Å². The third-order valence-electron chi connectivity index (χ3n) is 4.29. The number of rotatable bonds is 5. The second kappa shape index (κ2) is 9.56. The van der Waals surface area contributed by atoms with Gasteiger partial charge < -0.3 is 11.1 Å². The molecule has 0 aliphatic rings. The van der Waals surface area contributed by atoms with Crippen LogP contribution >= 0.6 is 15.9 Å². The van der Waals surface area contributed by atoms with E-state index in [2.05, 4.69) is 52.9 Å². The number of primary amides is 1. The number of halogens is 1. The Labute approximate surface area is 178 Å². The van der Waals surface area contributed by atoms with Crippen LogP contribution in [-0.2, 0) is 10.2 Å². The van der Waals surface area contributed by atoms with Crippen molar-refractivity contribution in [3.63, 3.8) is 0 Å². The Hall–Kier alpha value is -2.87. The molecule has 0 heterocycles. The van der Waals surface area contributed by atoms with Crippen LogP contribution in [0.3, 0.4) is 0 Å². The van der Waals surface area contributed by atoms with E-state index in [9.17, 15) is 14.4 Å². The van der Waals surface area contributed by atoms with E-state index in [-0.39, 0.29) is 11.8 Å². The molecule has 8 heteroatoms. The molecule has 0 spiro atoms. The lowest BCUT2D eigenvalue weighted by Gasteiger charge is -2.19. The Balaban J connectivity index is 1.97. The Morgan fingerprint density at radius 3 is 2.24 bits per heavy atom. The third-order valence-corrected chi connectivity index (χ3v) is 4.78. The van der Waals surface area contributed by atoms with E-state index >= 15 is 0 Å². The van der Waals surface area contributed by atoms with E-state index in [0.717, 1.165) is 10.0 Å². The summed E-state index contributed by atoms with van der Waals surface area (Å²) < 4.78 is 0.804. The van der Waals surface area contributed by atoms with Crippen LogP contribution in [0.5, 0.6) is 0 Å². The first-order valence-corrected chi connectivity index (χ1v) is 9.86. The van der Waals surface area contributed by atoms with Crippen molar-refractivity contribution in [2.24, 2.45) is 5.73 Å². The average molecular weight is 461 g/mol. The Bertz CT molecular complexity index is 892. The maximum atomic E-state index is 12.3. The van der Waals surface area contributed by atoms with Crippen LogP contribution in [0, 0.1) is 0 Å². The number of hydrazine groups is 1. The summed E-state index contributed by atoms with van der Waals surface area (Å²) in [4.78, 5) is 35.8. The Kier molecular flexibility index (Phi) is 7.39. The van der Waals surface area contributed by atoms with Gasteiger partial charge in [0.25, 0.3) is 5.91 Å². The zero-order valence-corrected chi connectivity index (χ0v) is 18.2. The fraction of sp³-hybridized carbons (Fsp3) is 0.286. The largest absolute Gasteiger partial charge is 0.352 e. The van der Waals surface area contributed by atoms with Gasteiger partial charge in [-0.3, -0.25) is 20.4 Å². The summed E-state index contributed by atoms with van der Waals surface area (Å²) in [5, 5.41) is 2.54. The number of urea groups is 1. The van der Waals surface area contributed by atoms with Crippen LogP contribution < -0.4 is 21.9 Å². The van der Waals surface area contributed by atoms with E-state index in [1.54, 1.807) is 30.3 Å². The highest BCUT2D eigenvalue weighted by Crippen LogP contribution is 2.22.